The zero-order chi connectivity index (χ0) is 28.9. The lowest BCUT2D eigenvalue weighted by atomic mass is 9.72. The van der Waals surface area contributed by atoms with E-state index in [1.54, 1.807) is 12.1 Å². The number of piperidine rings is 1. The van der Waals surface area contributed by atoms with E-state index in [4.69, 9.17) is 0 Å². The van der Waals surface area contributed by atoms with Crippen molar-refractivity contribution in [1.29, 1.82) is 5.26 Å². The highest BCUT2D eigenvalue weighted by Crippen LogP contribution is 2.44. The van der Waals surface area contributed by atoms with Crippen LogP contribution in [0.15, 0.2) is 42.7 Å². The van der Waals surface area contributed by atoms with Crippen molar-refractivity contribution >= 4 is 27.6 Å². The lowest BCUT2D eigenvalue weighted by molar-refractivity contribution is -0.127. The van der Waals surface area contributed by atoms with Gasteiger partial charge < -0.3 is 9.47 Å². The van der Waals surface area contributed by atoms with E-state index in [9.17, 15) is 18.4 Å². The van der Waals surface area contributed by atoms with Crippen molar-refractivity contribution in [2.75, 3.05) is 31.1 Å². The zero-order valence-corrected chi connectivity index (χ0v) is 23.8. The number of halogens is 3. The van der Waals surface area contributed by atoms with Gasteiger partial charge in [0.1, 0.15) is 23.9 Å². The molecule has 0 atom stereocenters. The second-order valence-electron chi connectivity index (χ2n) is 12.5. The van der Waals surface area contributed by atoms with Crippen molar-refractivity contribution in [1.82, 2.24) is 19.4 Å². The fourth-order valence-corrected chi connectivity index (χ4v) is 6.71. The molecule has 0 unspecified atom stereocenters. The molecule has 0 amide bonds. The van der Waals surface area contributed by atoms with Crippen molar-refractivity contribution in [2.45, 2.75) is 59.3 Å². The van der Waals surface area contributed by atoms with Crippen LogP contribution in [0.4, 0.5) is 19.0 Å². The fraction of sp³-hybridized carbons (Fsp3) is 0.469. The van der Waals surface area contributed by atoms with Crippen molar-refractivity contribution in [3.63, 3.8) is 0 Å². The van der Waals surface area contributed by atoms with Gasteiger partial charge in [0.25, 0.3) is 0 Å². The number of hydrogen-bond donors (Lipinski definition) is 0. The van der Waals surface area contributed by atoms with E-state index in [0.717, 1.165) is 74.5 Å². The Balaban J connectivity index is 1.13. The third-order valence-corrected chi connectivity index (χ3v) is 8.71. The topological polar surface area (TPSA) is 61.0 Å². The van der Waals surface area contributed by atoms with Gasteiger partial charge in [0.15, 0.2) is 0 Å². The molecule has 2 fully saturated rings. The van der Waals surface area contributed by atoms with E-state index >= 15 is 0 Å². The largest absolute Gasteiger partial charge is 0.393 e. The molecule has 2 aromatic heterocycles. The van der Waals surface area contributed by atoms with Crippen LogP contribution in [0.5, 0.6) is 0 Å². The van der Waals surface area contributed by atoms with Crippen LogP contribution in [0, 0.1) is 29.6 Å². The number of rotatable bonds is 6. The van der Waals surface area contributed by atoms with E-state index in [0.29, 0.717) is 16.8 Å². The summed E-state index contributed by atoms with van der Waals surface area (Å²) in [5.74, 6) is 1.18. The summed E-state index contributed by atoms with van der Waals surface area (Å²) in [6.07, 6.45) is -1.54. The number of alkyl halides is 3. The molecule has 0 N–H and O–H groups in total. The lowest BCUT2D eigenvalue weighted by Gasteiger charge is -2.54. The van der Waals surface area contributed by atoms with Gasteiger partial charge in [-0.1, -0.05) is 26.0 Å². The minimum Gasteiger partial charge on any atom is -0.355 e. The third kappa shape index (κ3) is 5.50. The van der Waals surface area contributed by atoms with Crippen molar-refractivity contribution in [3.8, 4) is 6.07 Å². The molecule has 0 aliphatic carbocycles. The molecule has 4 heterocycles. The maximum absolute atomic E-state index is 13.0. The molecular weight excluding hydrogens is 525 g/mol. The average molecular weight is 561 g/mol. The molecule has 6 rings (SSSR count). The average Bonchev–Trinajstić information content (AvgIpc) is 3.24. The molecule has 2 aromatic carbocycles. The predicted molar refractivity (Wildman–Crippen MR) is 155 cm³/mol. The van der Waals surface area contributed by atoms with Crippen LogP contribution in [0.3, 0.4) is 0 Å². The first kappa shape index (κ1) is 27.5. The Bertz CT molecular complexity index is 1630. The molecule has 4 aromatic rings. The summed E-state index contributed by atoms with van der Waals surface area (Å²) in [7, 11) is 0. The number of aromatic nitrogens is 3. The van der Waals surface area contributed by atoms with E-state index in [2.05, 4.69) is 63.3 Å². The van der Waals surface area contributed by atoms with Gasteiger partial charge in [-0.25, -0.2) is 9.97 Å². The van der Waals surface area contributed by atoms with Crippen LogP contribution >= 0.6 is 0 Å². The Morgan fingerprint density at radius 3 is 2.44 bits per heavy atom. The number of nitriles is 1. The van der Waals surface area contributed by atoms with Gasteiger partial charge in [0.2, 0.25) is 0 Å². The molecule has 214 valence electrons. The van der Waals surface area contributed by atoms with E-state index < -0.39 is 12.6 Å². The molecule has 9 heteroatoms. The first-order valence-electron chi connectivity index (χ1n) is 14.3. The van der Waals surface area contributed by atoms with Gasteiger partial charge in [0, 0.05) is 47.9 Å². The molecule has 2 saturated heterocycles. The van der Waals surface area contributed by atoms with Crippen LogP contribution < -0.4 is 4.90 Å². The zero-order valence-electron chi connectivity index (χ0n) is 23.8. The maximum Gasteiger partial charge on any atom is 0.393 e. The van der Waals surface area contributed by atoms with Gasteiger partial charge in [-0.05, 0) is 79.7 Å². The number of benzene rings is 2. The van der Waals surface area contributed by atoms with Crippen molar-refractivity contribution in [3.05, 3.63) is 65.1 Å². The summed E-state index contributed by atoms with van der Waals surface area (Å²) in [5, 5.41) is 11.5. The second kappa shape index (κ2) is 10.3. The fourth-order valence-electron chi connectivity index (χ4n) is 6.71. The molecule has 6 nitrogen and oxygen atoms in total. The Hall–Kier alpha value is -3.64. The maximum atomic E-state index is 13.0. The van der Waals surface area contributed by atoms with Gasteiger partial charge in [-0.3, -0.25) is 4.90 Å². The minimum atomic E-state index is -4.25. The molecule has 41 heavy (non-hydrogen) atoms. The number of hydrogen-bond acceptors (Lipinski definition) is 5. The minimum absolute atomic E-state index is 0.213. The van der Waals surface area contributed by atoms with Crippen molar-refractivity contribution < 1.29 is 13.2 Å². The summed E-state index contributed by atoms with van der Waals surface area (Å²) in [4.78, 5) is 13.5. The highest BCUT2D eigenvalue weighted by atomic mass is 19.4. The molecule has 0 saturated carbocycles. The van der Waals surface area contributed by atoms with Gasteiger partial charge in [-0.15, -0.1) is 0 Å². The van der Waals surface area contributed by atoms with Crippen LogP contribution in [0.25, 0.3) is 21.8 Å². The summed E-state index contributed by atoms with van der Waals surface area (Å²) in [6.45, 7) is 11.9. The first-order chi connectivity index (χ1) is 19.5. The summed E-state index contributed by atoms with van der Waals surface area (Å²) in [6, 6.07) is 13.7. The summed E-state index contributed by atoms with van der Waals surface area (Å²) < 4.78 is 41.1. The number of likely N-dealkylation sites (tertiary alicyclic amines) is 1. The van der Waals surface area contributed by atoms with Crippen molar-refractivity contribution in [2.24, 2.45) is 11.3 Å². The second-order valence-corrected chi connectivity index (χ2v) is 12.5. The van der Waals surface area contributed by atoms with Crippen LogP contribution in [0.1, 0.15) is 49.1 Å². The van der Waals surface area contributed by atoms with Gasteiger partial charge >= 0.3 is 6.18 Å². The number of anilines is 1. The Kier molecular flexibility index (Phi) is 6.93. The number of fused-ring (bicyclic) bond motifs is 2. The Morgan fingerprint density at radius 1 is 1.00 bits per heavy atom. The van der Waals surface area contributed by atoms with Gasteiger partial charge in [-0.2, -0.15) is 18.4 Å². The van der Waals surface area contributed by atoms with Crippen LogP contribution in [-0.2, 0) is 19.5 Å². The molecule has 2 aliphatic heterocycles. The molecule has 1 spiro atoms. The van der Waals surface area contributed by atoms with E-state index in [-0.39, 0.29) is 11.0 Å². The normalized spacial score (nSPS) is 17.5. The first-order valence-corrected chi connectivity index (χ1v) is 14.3. The monoisotopic (exact) mass is 560 g/mol. The highest BCUT2D eigenvalue weighted by molar-refractivity contribution is 5.90. The van der Waals surface area contributed by atoms with Crippen LogP contribution in [-0.4, -0.2) is 51.8 Å². The lowest BCUT2D eigenvalue weighted by Crippen LogP contribution is -2.60. The van der Waals surface area contributed by atoms with Gasteiger partial charge in [0.05, 0.1) is 11.9 Å². The molecular formula is C32H35F3N6. The van der Waals surface area contributed by atoms with E-state index in [1.165, 1.54) is 23.5 Å². The standard InChI is InChI=1S/C32H35F3N6/c1-21(2)16-41-25(15-36)13-26-22(3)10-24(12-29(26)41)17-39-8-6-31(7-9-39)18-40(19-31)30-27-11-23(14-32(33,34)35)4-5-28(27)37-20-38-30/h4-5,10-13,20-21H,6-9,14,16-19H2,1-3H3. The quantitative estimate of drug-likeness (QED) is 0.265. The number of nitrogens with zero attached hydrogens (tertiary/aromatic N) is 6. The Morgan fingerprint density at radius 2 is 1.76 bits per heavy atom. The van der Waals surface area contributed by atoms with Crippen LogP contribution in [0.2, 0.25) is 0 Å². The molecule has 0 radical (unpaired) electrons. The smallest absolute Gasteiger partial charge is 0.355 e. The predicted octanol–water partition coefficient (Wildman–Crippen LogP) is 6.63. The molecule has 2 aliphatic rings. The van der Waals surface area contributed by atoms with E-state index in [1.807, 2.05) is 6.07 Å². The SMILES string of the molecule is Cc1cc(CN2CCC3(CC2)CN(c2ncnc4ccc(CC(F)(F)F)cc24)C3)cc2c1cc(C#N)n2CC(C)C. The number of aryl methyl sites for hydroxylation is 1. The summed E-state index contributed by atoms with van der Waals surface area (Å²) in [5.41, 5.74) is 5.46. The summed E-state index contributed by atoms with van der Waals surface area (Å²) >= 11 is 0. The highest BCUT2D eigenvalue weighted by Gasteiger charge is 2.45. The Labute approximate surface area is 238 Å². The molecule has 0 bridgehead atoms. The third-order valence-electron chi connectivity index (χ3n) is 8.71.